The number of hydrogen-bond donors (Lipinski definition) is 1. The Bertz CT molecular complexity index is 786. The third-order valence-corrected chi connectivity index (χ3v) is 6.95. The molecule has 1 N–H and O–H groups in total. The van der Waals surface area contributed by atoms with Gasteiger partial charge < -0.3 is 15.0 Å². The first-order valence-electron chi connectivity index (χ1n) is 9.33. The summed E-state index contributed by atoms with van der Waals surface area (Å²) in [5.41, 5.74) is -0.509. The molecule has 1 aromatic carbocycles. The van der Waals surface area contributed by atoms with Crippen molar-refractivity contribution in [3.8, 4) is 0 Å². The predicted molar refractivity (Wildman–Crippen MR) is 112 cm³/mol. The lowest BCUT2D eigenvalue weighted by molar-refractivity contribution is 0.0510. The summed E-state index contributed by atoms with van der Waals surface area (Å²) in [6.07, 6.45) is 1.39. The third kappa shape index (κ3) is 7.43. The van der Waals surface area contributed by atoms with Crippen molar-refractivity contribution in [2.45, 2.75) is 44.1 Å². The van der Waals surface area contributed by atoms with Crippen molar-refractivity contribution in [1.82, 2.24) is 10.2 Å². The van der Waals surface area contributed by atoms with Gasteiger partial charge >= 0.3 is 6.09 Å². The van der Waals surface area contributed by atoms with E-state index in [1.54, 1.807) is 6.07 Å². The molecule has 0 spiro atoms. The molecule has 1 fully saturated rings. The molecule has 28 heavy (non-hydrogen) atoms. The molecule has 9 heteroatoms. The summed E-state index contributed by atoms with van der Waals surface area (Å²) in [5, 5.41) is 3.35. The molecule has 0 saturated carbocycles. The summed E-state index contributed by atoms with van der Waals surface area (Å²) >= 11 is 11.9. The van der Waals surface area contributed by atoms with Gasteiger partial charge in [0.2, 0.25) is 0 Å². The number of carbonyl (C=O) groups is 1. The van der Waals surface area contributed by atoms with Crippen LogP contribution in [0, 0.1) is 5.92 Å². The molecule has 1 aliphatic rings. The average Bonchev–Trinajstić information content (AvgIpc) is 2.59. The van der Waals surface area contributed by atoms with E-state index < -0.39 is 21.5 Å². The lowest BCUT2D eigenvalue weighted by Crippen LogP contribution is -2.41. The van der Waals surface area contributed by atoms with Crippen LogP contribution in [0.15, 0.2) is 23.1 Å². The Morgan fingerprint density at radius 2 is 1.89 bits per heavy atom. The van der Waals surface area contributed by atoms with E-state index in [4.69, 9.17) is 27.9 Å². The maximum atomic E-state index is 12.6. The van der Waals surface area contributed by atoms with Crippen LogP contribution in [0.1, 0.15) is 33.6 Å². The molecule has 1 heterocycles. The molecule has 0 atom stereocenters. The van der Waals surface area contributed by atoms with Crippen LogP contribution in [0.25, 0.3) is 0 Å². The topological polar surface area (TPSA) is 75.7 Å². The molecular weight excluding hydrogens is 423 g/mol. The number of sulfone groups is 1. The first-order chi connectivity index (χ1) is 13.0. The van der Waals surface area contributed by atoms with Gasteiger partial charge in [0, 0.05) is 18.1 Å². The number of amides is 1. The first kappa shape index (κ1) is 23.3. The van der Waals surface area contributed by atoms with E-state index in [0.29, 0.717) is 24.0 Å². The van der Waals surface area contributed by atoms with E-state index in [1.165, 1.54) is 12.1 Å². The van der Waals surface area contributed by atoms with Crippen molar-refractivity contribution in [1.29, 1.82) is 0 Å². The molecule has 1 amide bonds. The van der Waals surface area contributed by atoms with Crippen molar-refractivity contribution in [2.24, 2.45) is 5.92 Å². The average molecular weight is 451 g/mol. The maximum absolute atomic E-state index is 12.6. The highest BCUT2D eigenvalue weighted by molar-refractivity contribution is 7.91. The van der Waals surface area contributed by atoms with E-state index in [9.17, 15) is 13.2 Å². The van der Waals surface area contributed by atoms with E-state index >= 15 is 0 Å². The lowest BCUT2D eigenvalue weighted by Gasteiger charge is -2.32. The second-order valence-electron chi connectivity index (χ2n) is 8.06. The predicted octanol–water partition coefficient (Wildman–Crippen LogP) is 4.00. The van der Waals surface area contributed by atoms with Crippen LogP contribution in [-0.2, 0) is 14.6 Å². The fraction of sp³-hybridized carbons (Fsp3) is 0.632. The zero-order valence-corrected chi connectivity index (χ0v) is 18.8. The molecule has 0 unspecified atom stereocenters. The van der Waals surface area contributed by atoms with Gasteiger partial charge in [-0.1, -0.05) is 23.2 Å². The van der Waals surface area contributed by atoms with Gasteiger partial charge in [-0.05, 0) is 70.8 Å². The molecule has 2 rings (SSSR count). The molecule has 1 aromatic rings. The second-order valence-corrected chi connectivity index (χ2v) is 11.0. The Hall–Kier alpha value is -1.02. The number of likely N-dealkylation sites (tertiary alicyclic amines) is 1. The number of hydrogen-bond acceptors (Lipinski definition) is 5. The fourth-order valence-electron chi connectivity index (χ4n) is 3.03. The highest BCUT2D eigenvalue weighted by Gasteiger charge is 2.24. The quantitative estimate of drug-likeness (QED) is 0.708. The summed E-state index contributed by atoms with van der Waals surface area (Å²) in [7, 11) is -3.50. The lowest BCUT2D eigenvalue weighted by atomic mass is 9.97. The normalized spacial score (nSPS) is 16.8. The van der Waals surface area contributed by atoms with E-state index in [1.807, 2.05) is 20.8 Å². The molecule has 1 aliphatic heterocycles. The molecule has 158 valence electrons. The Balaban J connectivity index is 1.77. The molecule has 0 aliphatic carbocycles. The van der Waals surface area contributed by atoms with E-state index in [2.05, 4.69) is 10.2 Å². The van der Waals surface area contributed by atoms with Gasteiger partial charge in [0.1, 0.15) is 5.60 Å². The van der Waals surface area contributed by atoms with Gasteiger partial charge in [-0.15, -0.1) is 0 Å². The van der Waals surface area contributed by atoms with Crippen molar-refractivity contribution in [3.63, 3.8) is 0 Å². The summed E-state index contributed by atoms with van der Waals surface area (Å²) in [6, 6.07) is 4.47. The van der Waals surface area contributed by atoms with Gasteiger partial charge in [0.15, 0.2) is 9.84 Å². The van der Waals surface area contributed by atoms with Crippen molar-refractivity contribution >= 4 is 39.1 Å². The zero-order chi connectivity index (χ0) is 20.9. The van der Waals surface area contributed by atoms with Gasteiger partial charge in [0.05, 0.1) is 15.7 Å². The number of nitrogens with zero attached hydrogens (tertiary/aromatic N) is 1. The number of piperidine rings is 1. The molecule has 6 nitrogen and oxygen atoms in total. The van der Waals surface area contributed by atoms with Crippen LogP contribution in [0.2, 0.25) is 10.0 Å². The van der Waals surface area contributed by atoms with Crippen LogP contribution >= 0.6 is 23.2 Å². The van der Waals surface area contributed by atoms with Gasteiger partial charge in [-0.2, -0.15) is 0 Å². The Morgan fingerprint density at radius 3 is 2.50 bits per heavy atom. The monoisotopic (exact) mass is 450 g/mol. The van der Waals surface area contributed by atoms with Gasteiger partial charge in [-0.25, -0.2) is 13.2 Å². The fourth-order valence-corrected chi connectivity index (χ4v) is 5.13. The number of rotatable bonds is 6. The van der Waals surface area contributed by atoms with Gasteiger partial charge in [0.25, 0.3) is 0 Å². The van der Waals surface area contributed by atoms with Crippen molar-refractivity contribution in [3.05, 3.63) is 28.2 Å². The van der Waals surface area contributed by atoms with Crippen molar-refractivity contribution < 1.29 is 17.9 Å². The number of carbonyl (C=O) groups excluding carboxylic acids is 1. The minimum absolute atomic E-state index is 0.00606. The summed E-state index contributed by atoms with van der Waals surface area (Å²) in [6.45, 7) is 8.08. The SMILES string of the molecule is CC(C)(C)OC(=O)NCC1CCN(CCS(=O)(=O)c2cc(Cl)ccc2Cl)CC1. The highest BCUT2D eigenvalue weighted by atomic mass is 35.5. The first-order valence-corrected chi connectivity index (χ1v) is 11.7. The molecule has 1 saturated heterocycles. The summed E-state index contributed by atoms with van der Waals surface area (Å²) in [5.74, 6) is 0.358. The van der Waals surface area contributed by atoms with Crippen LogP contribution in [-0.4, -0.2) is 56.9 Å². The highest BCUT2D eigenvalue weighted by Crippen LogP contribution is 2.26. The number of nitrogens with one attached hydrogen (secondary N) is 1. The zero-order valence-electron chi connectivity index (χ0n) is 16.5. The number of halogens is 2. The Morgan fingerprint density at radius 1 is 1.25 bits per heavy atom. The van der Waals surface area contributed by atoms with E-state index in [-0.39, 0.29) is 15.7 Å². The largest absolute Gasteiger partial charge is 0.444 e. The molecule has 0 radical (unpaired) electrons. The minimum Gasteiger partial charge on any atom is -0.444 e. The van der Waals surface area contributed by atoms with Gasteiger partial charge in [-0.3, -0.25) is 0 Å². The smallest absolute Gasteiger partial charge is 0.407 e. The van der Waals surface area contributed by atoms with Crippen LogP contribution < -0.4 is 5.32 Å². The molecular formula is C19H28Cl2N2O4S. The number of alkyl carbamates (subject to hydrolysis) is 1. The summed E-state index contributed by atoms with van der Waals surface area (Å²) in [4.78, 5) is 13.9. The minimum atomic E-state index is -3.50. The van der Waals surface area contributed by atoms with Crippen LogP contribution in [0.5, 0.6) is 0 Å². The summed E-state index contributed by atoms with van der Waals surface area (Å²) < 4.78 is 30.4. The Labute approximate surface area is 177 Å². The second kappa shape index (κ2) is 9.65. The van der Waals surface area contributed by atoms with E-state index in [0.717, 1.165) is 25.9 Å². The number of benzene rings is 1. The van der Waals surface area contributed by atoms with Crippen molar-refractivity contribution in [2.75, 3.05) is 31.9 Å². The van der Waals surface area contributed by atoms with Crippen LogP contribution in [0.3, 0.4) is 0 Å². The standard InChI is InChI=1S/C19H28Cl2N2O4S/c1-19(2,3)27-18(24)22-13-14-6-8-23(9-7-14)10-11-28(25,26)17-12-15(20)4-5-16(17)21/h4-5,12,14H,6-11,13H2,1-3H3,(H,22,24). The van der Waals surface area contributed by atoms with Crippen LogP contribution in [0.4, 0.5) is 4.79 Å². The molecule has 0 aromatic heterocycles. The molecule has 0 bridgehead atoms. The number of ether oxygens (including phenoxy) is 1. The maximum Gasteiger partial charge on any atom is 0.407 e. The third-order valence-electron chi connectivity index (χ3n) is 4.55. The Kier molecular flexibility index (Phi) is 8.02.